The molecular weight excluding hydrogens is 203 g/mol. The van der Waals surface area contributed by atoms with Crippen molar-refractivity contribution in [1.29, 1.82) is 0 Å². The molecule has 0 saturated heterocycles. The molecule has 82 valence electrons. The molecule has 0 aromatic rings. The summed E-state index contributed by atoms with van der Waals surface area (Å²) in [6, 6.07) is 0. The van der Waals surface area contributed by atoms with Crippen LogP contribution in [0, 0.1) is 0 Å². The van der Waals surface area contributed by atoms with Crippen molar-refractivity contribution >= 4 is 0 Å². The van der Waals surface area contributed by atoms with Crippen molar-refractivity contribution in [3.05, 3.63) is 25.3 Å². The predicted molar refractivity (Wildman–Crippen MR) is 59.8 cm³/mol. The molecule has 0 aliphatic carbocycles. The summed E-state index contributed by atoms with van der Waals surface area (Å²) in [5.74, 6) is 0. The number of allylic oxidation sites excluding steroid dienone is 2. The molecule has 0 unspecified atom stereocenters. The van der Waals surface area contributed by atoms with E-state index in [0.29, 0.717) is 0 Å². The minimum atomic E-state index is 1.05. The van der Waals surface area contributed by atoms with Crippen LogP contribution in [0.2, 0.25) is 10.8 Å². The molecule has 0 aromatic heterocycles. The standard InChI is InChI=1S/C6H14.2C3H5.Ni/c1-3-5-6-4-2;2*1-3-2;/h3-6H2,1-2H3;2*3H,1-2H2;. The zero-order chi connectivity index (χ0) is 10.4. The zero-order valence-corrected chi connectivity index (χ0v) is 10.1. The number of unbranched alkanes of at least 4 members (excludes halogenated alkanes) is 3. The molecule has 0 amide bonds. The van der Waals surface area contributed by atoms with E-state index in [9.17, 15) is 0 Å². The van der Waals surface area contributed by atoms with Crippen LogP contribution in [-0.4, -0.2) is 0 Å². The van der Waals surface area contributed by atoms with Gasteiger partial charge >= 0.3 is 50.5 Å². The van der Waals surface area contributed by atoms with Gasteiger partial charge in [-0.25, -0.2) is 0 Å². The fourth-order valence-electron chi connectivity index (χ4n) is 0.682. The third-order valence-electron chi connectivity index (χ3n) is 1.32. The molecule has 0 radical (unpaired) electrons. The van der Waals surface area contributed by atoms with Crippen LogP contribution in [0.5, 0.6) is 0 Å². The Hall–Kier alpha value is -0.0265. The first kappa shape index (κ1) is 15.4. The van der Waals surface area contributed by atoms with E-state index < -0.39 is 0 Å². The van der Waals surface area contributed by atoms with Crippen LogP contribution in [0.15, 0.2) is 25.3 Å². The molecule has 0 fully saturated rings. The quantitative estimate of drug-likeness (QED) is 0.330. The Morgan fingerprint density at radius 2 is 1.31 bits per heavy atom. The van der Waals surface area contributed by atoms with E-state index in [0.717, 1.165) is 10.8 Å². The monoisotopic (exact) mass is 226 g/mol. The Morgan fingerprint density at radius 1 is 0.923 bits per heavy atom. The van der Waals surface area contributed by atoms with E-state index in [1.165, 1.54) is 25.7 Å². The Kier molecular flexibility index (Phi) is 21.3. The molecule has 1 heteroatoms. The summed E-state index contributed by atoms with van der Waals surface area (Å²) in [6.07, 6.45) is 9.35. The van der Waals surface area contributed by atoms with Crippen molar-refractivity contribution in [1.82, 2.24) is 0 Å². The molecule has 0 N–H and O–H groups in total. The third kappa shape index (κ3) is 24.5. The van der Waals surface area contributed by atoms with Crippen molar-refractivity contribution in [2.45, 2.75) is 50.3 Å². The first-order valence-electron chi connectivity index (χ1n) is 4.99. The maximum atomic E-state index is 3.58. The van der Waals surface area contributed by atoms with E-state index in [2.05, 4.69) is 27.0 Å². The summed E-state index contributed by atoms with van der Waals surface area (Å²) in [7, 11) is 0. The molecule has 0 nitrogen and oxygen atoms in total. The summed E-state index contributed by atoms with van der Waals surface area (Å²) < 4.78 is 0. The summed E-state index contributed by atoms with van der Waals surface area (Å²) in [4.78, 5) is 0. The summed E-state index contributed by atoms with van der Waals surface area (Å²) in [5, 5.41) is 2.11. The van der Waals surface area contributed by atoms with E-state index >= 15 is 0 Å². The fraction of sp³-hybridized carbons (Fsp3) is 0.667. The van der Waals surface area contributed by atoms with Crippen LogP contribution in [0.3, 0.4) is 0 Å². The largest absolute Gasteiger partial charge is 0.0654 e. The smallest absolute Gasteiger partial charge is 0.0536 e. The molecule has 0 saturated carbocycles. The van der Waals surface area contributed by atoms with E-state index in [1.54, 1.807) is 14.4 Å². The topological polar surface area (TPSA) is 0 Å². The maximum absolute atomic E-state index is 3.58. The van der Waals surface area contributed by atoms with Gasteiger partial charge in [0, 0.05) is 0 Å². The minimum Gasteiger partial charge on any atom is -0.0654 e. The van der Waals surface area contributed by atoms with Crippen molar-refractivity contribution in [3.63, 3.8) is 0 Å². The van der Waals surface area contributed by atoms with E-state index in [1.807, 2.05) is 12.2 Å². The predicted octanol–water partition coefficient (Wildman–Crippen LogP) is 4.86. The number of hydrogen-bond acceptors (Lipinski definition) is 0. The van der Waals surface area contributed by atoms with Crippen LogP contribution in [0.1, 0.15) is 39.5 Å². The van der Waals surface area contributed by atoms with Gasteiger partial charge in [-0.3, -0.25) is 0 Å². The average molecular weight is 227 g/mol. The van der Waals surface area contributed by atoms with Crippen LogP contribution >= 0.6 is 0 Å². The fourth-order valence-corrected chi connectivity index (χ4v) is 1.25. The van der Waals surface area contributed by atoms with Gasteiger partial charge < -0.3 is 0 Å². The van der Waals surface area contributed by atoms with Crippen molar-refractivity contribution in [2.24, 2.45) is 0 Å². The second-order valence-electron chi connectivity index (χ2n) is 2.70. The second-order valence-corrected chi connectivity index (χ2v) is 4.00. The Balaban J connectivity index is 0. The SMILES string of the molecule is C=C[CH2][Ni][CH2]C=C.CCCCCC. The molecule has 0 heterocycles. The average Bonchev–Trinajstić information content (AvgIpc) is 2.17. The molecule has 0 bridgehead atoms. The normalized spacial score (nSPS) is 8.77. The molecule has 0 aliphatic heterocycles. The van der Waals surface area contributed by atoms with E-state index in [4.69, 9.17) is 0 Å². The van der Waals surface area contributed by atoms with Crippen molar-refractivity contribution < 1.29 is 14.4 Å². The van der Waals surface area contributed by atoms with Crippen molar-refractivity contribution in [3.8, 4) is 0 Å². The Morgan fingerprint density at radius 3 is 1.54 bits per heavy atom. The molecule has 0 spiro atoms. The van der Waals surface area contributed by atoms with Gasteiger partial charge in [-0.1, -0.05) is 39.5 Å². The zero-order valence-electron chi connectivity index (χ0n) is 9.13. The second kappa shape index (κ2) is 17.9. The first-order chi connectivity index (χ1) is 6.33. The third-order valence-corrected chi connectivity index (χ3v) is 2.46. The Bertz CT molecular complexity index is 85.3. The number of rotatable bonds is 7. The van der Waals surface area contributed by atoms with Gasteiger partial charge in [0.15, 0.2) is 0 Å². The summed E-state index contributed by atoms with van der Waals surface area (Å²) in [5.41, 5.74) is 0. The van der Waals surface area contributed by atoms with E-state index in [-0.39, 0.29) is 0 Å². The van der Waals surface area contributed by atoms with Crippen molar-refractivity contribution in [2.75, 3.05) is 0 Å². The molecule has 0 atom stereocenters. The Labute approximate surface area is 90.3 Å². The molecule has 0 aromatic carbocycles. The van der Waals surface area contributed by atoms with Gasteiger partial charge in [0.1, 0.15) is 0 Å². The van der Waals surface area contributed by atoms with Gasteiger partial charge in [0.25, 0.3) is 0 Å². The first-order valence-corrected chi connectivity index (χ1v) is 6.39. The summed E-state index contributed by atoms with van der Waals surface area (Å²) in [6.45, 7) is 11.6. The van der Waals surface area contributed by atoms with Gasteiger partial charge in [-0.2, -0.15) is 0 Å². The molecule has 0 aliphatic rings. The van der Waals surface area contributed by atoms with Crippen LogP contribution in [0.25, 0.3) is 0 Å². The summed E-state index contributed by atoms with van der Waals surface area (Å²) >= 11 is 1.66. The van der Waals surface area contributed by atoms with Gasteiger partial charge in [0.05, 0.1) is 0 Å². The maximum Gasteiger partial charge on any atom is -0.0536 e. The van der Waals surface area contributed by atoms with Gasteiger partial charge in [-0.05, 0) is 0 Å². The molecule has 13 heavy (non-hydrogen) atoms. The van der Waals surface area contributed by atoms with Gasteiger partial charge in [-0.15, -0.1) is 0 Å². The van der Waals surface area contributed by atoms with Gasteiger partial charge in [0.2, 0.25) is 0 Å². The number of hydrogen-bond donors (Lipinski definition) is 0. The molecular formula is C12H24Ni. The van der Waals surface area contributed by atoms with Crippen LogP contribution in [-0.2, 0) is 14.4 Å². The minimum absolute atomic E-state index is 1.05. The van der Waals surface area contributed by atoms with Crippen LogP contribution < -0.4 is 0 Å². The molecule has 0 rings (SSSR count). The van der Waals surface area contributed by atoms with Crippen LogP contribution in [0.4, 0.5) is 0 Å².